The fourth-order valence-corrected chi connectivity index (χ4v) is 5.51. The minimum absolute atomic E-state index is 0.0384. The Bertz CT molecular complexity index is 1440. The monoisotopic (exact) mass is 585 g/mol. The molecule has 3 aromatic rings. The number of hydrogen-bond donors (Lipinski definition) is 1. The maximum absolute atomic E-state index is 14.0. The van der Waals surface area contributed by atoms with E-state index in [1.807, 2.05) is 27.7 Å². The van der Waals surface area contributed by atoms with Gasteiger partial charge in [-0.15, -0.1) is 0 Å². The van der Waals surface area contributed by atoms with E-state index in [0.717, 1.165) is 15.4 Å². The molecule has 1 atom stereocenters. The van der Waals surface area contributed by atoms with Crippen LogP contribution in [0.4, 0.5) is 5.69 Å². The molecule has 2 amide bonds. The quantitative estimate of drug-likeness (QED) is 0.353. The van der Waals surface area contributed by atoms with E-state index in [0.29, 0.717) is 10.8 Å². The highest BCUT2D eigenvalue weighted by Crippen LogP contribution is 2.28. The van der Waals surface area contributed by atoms with E-state index in [2.05, 4.69) is 5.32 Å². The van der Waals surface area contributed by atoms with Gasteiger partial charge in [-0.25, -0.2) is 8.42 Å². The molecule has 0 aliphatic carbocycles. The second kappa shape index (κ2) is 12.7. The van der Waals surface area contributed by atoms with Crippen molar-refractivity contribution in [2.24, 2.45) is 0 Å². The van der Waals surface area contributed by atoms with Crippen LogP contribution in [-0.4, -0.2) is 50.4 Å². The van der Waals surface area contributed by atoms with Crippen molar-refractivity contribution in [3.8, 4) is 5.75 Å². The summed E-state index contributed by atoms with van der Waals surface area (Å²) in [5.41, 5.74) is 1.37. The molecule has 0 saturated carbocycles. The average Bonchev–Trinajstić information content (AvgIpc) is 2.90. The number of nitrogens with zero attached hydrogens (tertiary/aromatic N) is 2. The van der Waals surface area contributed by atoms with Crippen LogP contribution in [0.3, 0.4) is 0 Å². The molecule has 10 heteroatoms. The van der Waals surface area contributed by atoms with Gasteiger partial charge in [0.1, 0.15) is 18.3 Å². The fourth-order valence-electron chi connectivity index (χ4n) is 3.97. The minimum atomic E-state index is -4.17. The van der Waals surface area contributed by atoms with Gasteiger partial charge in [-0.1, -0.05) is 47.5 Å². The van der Waals surface area contributed by atoms with Crippen molar-refractivity contribution in [2.45, 2.75) is 57.6 Å². The predicted octanol–water partition coefficient (Wildman–Crippen LogP) is 5.18. The van der Waals surface area contributed by atoms with Crippen LogP contribution in [-0.2, 0) is 26.2 Å². The highest BCUT2D eigenvalue weighted by Gasteiger charge is 2.33. The van der Waals surface area contributed by atoms with Gasteiger partial charge in [0.2, 0.25) is 11.8 Å². The summed E-state index contributed by atoms with van der Waals surface area (Å²) in [5, 5.41) is 3.44. The van der Waals surface area contributed by atoms with E-state index in [9.17, 15) is 18.0 Å². The van der Waals surface area contributed by atoms with Crippen molar-refractivity contribution < 1.29 is 22.7 Å². The molecule has 0 radical (unpaired) electrons. The van der Waals surface area contributed by atoms with Gasteiger partial charge in [0, 0.05) is 23.2 Å². The van der Waals surface area contributed by atoms with Crippen molar-refractivity contribution in [1.29, 1.82) is 0 Å². The lowest BCUT2D eigenvalue weighted by Crippen LogP contribution is -2.54. The van der Waals surface area contributed by atoms with Crippen LogP contribution in [0.25, 0.3) is 0 Å². The first kappa shape index (κ1) is 31.0. The van der Waals surface area contributed by atoms with Gasteiger partial charge in [-0.3, -0.25) is 13.9 Å². The third-order valence-corrected chi connectivity index (χ3v) is 8.20. The number of halogens is 1. The molecule has 0 aromatic heterocycles. The number of methoxy groups -OCH3 is 1. The molecule has 1 N–H and O–H groups in total. The summed E-state index contributed by atoms with van der Waals surface area (Å²) < 4.78 is 34.2. The number of benzene rings is 3. The van der Waals surface area contributed by atoms with Crippen LogP contribution in [0.15, 0.2) is 77.7 Å². The standard InChI is InChI=1S/C30H36ClN3O5S/c1-21-10-16-27(17-11-21)40(37,38)34(25-8-7-9-26(18-25)39-6)20-28(35)33(19-23-12-14-24(31)15-13-23)22(2)29(36)32-30(3,4)5/h7-18,22H,19-20H2,1-6H3,(H,32,36)/t22-/m1/s1. The van der Waals surface area contributed by atoms with Crippen LogP contribution in [0.2, 0.25) is 5.02 Å². The number of carbonyl (C=O) groups is 2. The molecule has 0 fully saturated rings. The Morgan fingerprint density at radius 2 is 1.62 bits per heavy atom. The number of aryl methyl sites for hydroxylation is 1. The third-order valence-electron chi connectivity index (χ3n) is 6.16. The molecule has 0 unspecified atom stereocenters. The summed E-state index contributed by atoms with van der Waals surface area (Å²) in [7, 11) is -2.69. The zero-order chi connectivity index (χ0) is 29.7. The first-order valence-electron chi connectivity index (χ1n) is 12.8. The molecule has 40 heavy (non-hydrogen) atoms. The van der Waals surface area contributed by atoms with Crippen LogP contribution in [0, 0.1) is 6.92 Å². The number of nitrogens with one attached hydrogen (secondary N) is 1. The van der Waals surface area contributed by atoms with Gasteiger partial charge in [0.25, 0.3) is 10.0 Å². The van der Waals surface area contributed by atoms with E-state index in [4.69, 9.17) is 16.3 Å². The maximum Gasteiger partial charge on any atom is 0.264 e. The van der Waals surface area contributed by atoms with Crippen LogP contribution in [0.5, 0.6) is 5.75 Å². The SMILES string of the molecule is COc1cccc(N(CC(=O)N(Cc2ccc(Cl)cc2)[C@H](C)C(=O)NC(C)(C)C)S(=O)(=O)c2ccc(C)cc2)c1. The van der Waals surface area contributed by atoms with Gasteiger partial charge in [-0.05, 0) is 76.6 Å². The van der Waals surface area contributed by atoms with Gasteiger partial charge >= 0.3 is 0 Å². The molecular weight excluding hydrogens is 550 g/mol. The second-order valence-electron chi connectivity index (χ2n) is 10.6. The molecule has 0 aliphatic rings. The average molecular weight is 586 g/mol. The number of sulfonamides is 1. The Labute approximate surface area is 241 Å². The topological polar surface area (TPSA) is 96.0 Å². The number of rotatable bonds is 10. The zero-order valence-electron chi connectivity index (χ0n) is 23.6. The Balaban J connectivity index is 2.05. The molecule has 0 aliphatic heterocycles. The zero-order valence-corrected chi connectivity index (χ0v) is 25.2. The van der Waals surface area contributed by atoms with E-state index in [1.54, 1.807) is 67.6 Å². The minimum Gasteiger partial charge on any atom is -0.497 e. The molecule has 3 aromatic carbocycles. The number of hydrogen-bond acceptors (Lipinski definition) is 5. The lowest BCUT2D eigenvalue weighted by atomic mass is 10.1. The van der Waals surface area contributed by atoms with E-state index in [1.165, 1.54) is 24.1 Å². The Kier molecular flexibility index (Phi) is 9.87. The van der Waals surface area contributed by atoms with Crippen molar-refractivity contribution >= 4 is 39.1 Å². The summed E-state index contributed by atoms with van der Waals surface area (Å²) in [4.78, 5) is 28.6. The molecule has 0 spiro atoms. The molecule has 0 saturated heterocycles. The van der Waals surface area contributed by atoms with Crippen molar-refractivity contribution in [2.75, 3.05) is 18.0 Å². The van der Waals surface area contributed by atoms with Crippen LogP contribution < -0.4 is 14.4 Å². The van der Waals surface area contributed by atoms with Crippen LogP contribution >= 0.6 is 11.6 Å². The largest absolute Gasteiger partial charge is 0.497 e. The Morgan fingerprint density at radius 3 is 2.20 bits per heavy atom. The number of carbonyl (C=O) groups excluding carboxylic acids is 2. The van der Waals surface area contributed by atoms with Crippen LogP contribution in [0.1, 0.15) is 38.8 Å². The van der Waals surface area contributed by atoms with Gasteiger partial charge in [0.05, 0.1) is 17.7 Å². The van der Waals surface area contributed by atoms with Crippen molar-refractivity contribution in [3.63, 3.8) is 0 Å². The first-order valence-corrected chi connectivity index (χ1v) is 14.6. The molecular formula is C30H36ClN3O5S. The van der Waals surface area contributed by atoms with Gasteiger partial charge in [0.15, 0.2) is 0 Å². The molecule has 214 valence electrons. The summed E-state index contributed by atoms with van der Waals surface area (Å²) in [5.74, 6) is -0.473. The highest BCUT2D eigenvalue weighted by atomic mass is 35.5. The van der Waals surface area contributed by atoms with Gasteiger partial charge in [-0.2, -0.15) is 0 Å². The number of amides is 2. The summed E-state index contributed by atoms with van der Waals surface area (Å²) in [6.07, 6.45) is 0. The Morgan fingerprint density at radius 1 is 1.00 bits per heavy atom. The normalized spacial score (nSPS) is 12.4. The predicted molar refractivity (Wildman–Crippen MR) is 158 cm³/mol. The maximum atomic E-state index is 14.0. The lowest BCUT2D eigenvalue weighted by molar-refractivity contribution is -0.140. The highest BCUT2D eigenvalue weighted by molar-refractivity contribution is 7.92. The molecule has 8 nitrogen and oxygen atoms in total. The molecule has 3 rings (SSSR count). The van der Waals surface area contributed by atoms with Crippen molar-refractivity contribution in [3.05, 3.63) is 88.9 Å². The first-order chi connectivity index (χ1) is 18.7. The summed E-state index contributed by atoms with van der Waals surface area (Å²) >= 11 is 6.05. The number of ether oxygens (including phenoxy) is 1. The smallest absolute Gasteiger partial charge is 0.264 e. The Hall–Kier alpha value is -3.56. The fraction of sp³-hybridized carbons (Fsp3) is 0.333. The van der Waals surface area contributed by atoms with Gasteiger partial charge < -0.3 is 15.0 Å². The molecule has 0 heterocycles. The third kappa shape index (κ3) is 7.99. The second-order valence-corrected chi connectivity index (χ2v) is 12.9. The summed E-state index contributed by atoms with van der Waals surface area (Å²) in [6.45, 7) is 8.57. The van der Waals surface area contributed by atoms with E-state index < -0.39 is 34.1 Å². The van der Waals surface area contributed by atoms with E-state index >= 15 is 0 Å². The number of anilines is 1. The lowest BCUT2D eigenvalue weighted by Gasteiger charge is -2.33. The van der Waals surface area contributed by atoms with E-state index in [-0.39, 0.29) is 23.0 Å². The summed E-state index contributed by atoms with van der Waals surface area (Å²) in [6, 6.07) is 18.9. The van der Waals surface area contributed by atoms with Crippen molar-refractivity contribution in [1.82, 2.24) is 10.2 Å². The molecule has 0 bridgehead atoms.